The summed E-state index contributed by atoms with van der Waals surface area (Å²) in [5.74, 6) is 0.648. The maximum absolute atomic E-state index is 12.5. The minimum atomic E-state index is -3.61. The van der Waals surface area contributed by atoms with Crippen molar-refractivity contribution in [3.8, 4) is 0 Å². The zero-order chi connectivity index (χ0) is 14.9. The van der Waals surface area contributed by atoms with Gasteiger partial charge < -0.3 is 4.52 Å². The van der Waals surface area contributed by atoms with Gasteiger partial charge in [-0.3, -0.25) is 0 Å². The molecule has 21 heavy (non-hydrogen) atoms. The number of fused-ring (bicyclic) bond motifs is 1. The number of nitrogens with zero attached hydrogens (tertiary/aromatic N) is 1. The van der Waals surface area contributed by atoms with Crippen LogP contribution in [-0.4, -0.2) is 13.6 Å². The summed E-state index contributed by atoms with van der Waals surface area (Å²) < 4.78 is 32.4. The van der Waals surface area contributed by atoms with Gasteiger partial charge in [-0.2, -0.15) is 0 Å². The summed E-state index contributed by atoms with van der Waals surface area (Å²) >= 11 is 0. The monoisotopic (exact) mass is 302 g/mol. The first-order valence-electron chi connectivity index (χ1n) is 6.46. The Kier molecular flexibility index (Phi) is 3.48. The maximum atomic E-state index is 12.5. The van der Waals surface area contributed by atoms with Crippen molar-refractivity contribution in [2.75, 3.05) is 0 Å². The van der Waals surface area contributed by atoms with E-state index in [-0.39, 0.29) is 11.4 Å². The van der Waals surface area contributed by atoms with E-state index in [9.17, 15) is 8.42 Å². The van der Waals surface area contributed by atoms with Gasteiger partial charge in [-0.15, -0.1) is 0 Å². The number of aromatic nitrogens is 1. The Morgan fingerprint density at radius 3 is 2.67 bits per heavy atom. The van der Waals surface area contributed by atoms with Crippen LogP contribution in [0.15, 0.2) is 57.9 Å². The van der Waals surface area contributed by atoms with Gasteiger partial charge in [0, 0.05) is 11.5 Å². The summed E-state index contributed by atoms with van der Waals surface area (Å²) in [4.78, 5) is 0.265. The van der Waals surface area contributed by atoms with E-state index in [0.717, 1.165) is 5.39 Å². The lowest BCUT2D eigenvalue weighted by atomic mass is 10.1. The van der Waals surface area contributed by atoms with Crippen molar-refractivity contribution in [1.29, 1.82) is 0 Å². The smallest absolute Gasteiger partial charge is 0.241 e. The molecule has 0 aliphatic heterocycles. The van der Waals surface area contributed by atoms with Crippen molar-refractivity contribution in [3.05, 3.63) is 60.0 Å². The highest BCUT2D eigenvalue weighted by Crippen LogP contribution is 2.22. The number of benzene rings is 2. The van der Waals surface area contributed by atoms with Crippen molar-refractivity contribution in [1.82, 2.24) is 9.88 Å². The normalized spacial score (nSPS) is 11.9. The largest absolute Gasteiger partial charge is 0.361 e. The van der Waals surface area contributed by atoms with Gasteiger partial charge in [0.1, 0.15) is 5.76 Å². The molecule has 3 rings (SSSR count). The van der Waals surface area contributed by atoms with E-state index < -0.39 is 10.0 Å². The third kappa shape index (κ3) is 2.81. The average Bonchev–Trinajstić information content (AvgIpc) is 2.90. The van der Waals surface area contributed by atoms with Gasteiger partial charge in [0.05, 0.1) is 17.1 Å². The molecule has 0 bridgehead atoms. The topological polar surface area (TPSA) is 72.2 Å². The van der Waals surface area contributed by atoms with Gasteiger partial charge in [0.25, 0.3) is 0 Å². The highest BCUT2D eigenvalue weighted by atomic mass is 32.2. The summed E-state index contributed by atoms with van der Waals surface area (Å²) in [5, 5.41) is 5.36. The highest BCUT2D eigenvalue weighted by Gasteiger charge is 2.17. The first-order chi connectivity index (χ1) is 10.1. The fourth-order valence-corrected chi connectivity index (χ4v) is 3.40. The van der Waals surface area contributed by atoms with Crippen molar-refractivity contribution in [2.45, 2.75) is 18.4 Å². The molecule has 0 aliphatic carbocycles. The molecular weight excluding hydrogens is 288 g/mol. The number of hydrogen-bond acceptors (Lipinski definition) is 4. The molecule has 108 valence electrons. The molecule has 2 aromatic carbocycles. The third-order valence-electron chi connectivity index (χ3n) is 3.16. The lowest BCUT2D eigenvalue weighted by molar-refractivity contribution is 0.390. The van der Waals surface area contributed by atoms with E-state index >= 15 is 0 Å². The Labute approximate surface area is 122 Å². The van der Waals surface area contributed by atoms with Crippen LogP contribution in [0.4, 0.5) is 0 Å². The van der Waals surface area contributed by atoms with Crippen molar-refractivity contribution < 1.29 is 12.9 Å². The second kappa shape index (κ2) is 5.31. The van der Waals surface area contributed by atoms with Crippen LogP contribution in [0.5, 0.6) is 0 Å². The Balaban J connectivity index is 1.93. The Hall–Kier alpha value is -2.18. The molecule has 0 atom stereocenters. The van der Waals surface area contributed by atoms with Gasteiger partial charge >= 0.3 is 0 Å². The summed E-state index contributed by atoms with van der Waals surface area (Å²) in [7, 11) is -3.61. The zero-order valence-corrected chi connectivity index (χ0v) is 12.2. The van der Waals surface area contributed by atoms with E-state index in [1.807, 2.05) is 24.3 Å². The lowest BCUT2D eigenvalue weighted by Crippen LogP contribution is -2.23. The predicted molar refractivity (Wildman–Crippen MR) is 79.2 cm³/mol. The average molecular weight is 302 g/mol. The molecule has 0 fully saturated rings. The van der Waals surface area contributed by atoms with Crippen LogP contribution in [0.1, 0.15) is 11.5 Å². The molecule has 1 N–H and O–H groups in total. The second-order valence-corrected chi connectivity index (χ2v) is 6.47. The number of hydrogen-bond donors (Lipinski definition) is 1. The number of rotatable bonds is 4. The summed E-state index contributed by atoms with van der Waals surface area (Å²) in [6.07, 6.45) is 0. The molecule has 0 aliphatic rings. The Bertz CT molecular complexity index is 879. The molecule has 5 nitrogen and oxygen atoms in total. The SMILES string of the molecule is Cc1cc(CNS(=O)(=O)c2cccc3ccccc23)no1. The highest BCUT2D eigenvalue weighted by molar-refractivity contribution is 7.89. The quantitative estimate of drug-likeness (QED) is 0.804. The van der Waals surface area contributed by atoms with Crippen LogP contribution in [0.3, 0.4) is 0 Å². The molecule has 1 aromatic heterocycles. The summed E-state index contributed by atoms with van der Waals surface area (Å²) in [6.45, 7) is 1.86. The second-order valence-electron chi connectivity index (χ2n) is 4.73. The molecule has 3 aromatic rings. The molecular formula is C15H14N2O3S. The van der Waals surface area contributed by atoms with Gasteiger partial charge in [-0.05, 0) is 18.4 Å². The van der Waals surface area contributed by atoms with Gasteiger partial charge in [-0.1, -0.05) is 41.6 Å². The molecule has 0 spiro atoms. The van der Waals surface area contributed by atoms with Gasteiger partial charge in [0.2, 0.25) is 10.0 Å². The first kappa shape index (κ1) is 13.8. The molecule has 6 heteroatoms. The minimum Gasteiger partial charge on any atom is -0.361 e. The molecule has 0 unspecified atom stereocenters. The van der Waals surface area contributed by atoms with Crippen LogP contribution in [0.2, 0.25) is 0 Å². The van der Waals surface area contributed by atoms with Crippen LogP contribution >= 0.6 is 0 Å². The van der Waals surface area contributed by atoms with Crippen molar-refractivity contribution in [2.24, 2.45) is 0 Å². The van der Waals surface area contributed by atoms with Crippen LogP contribution < -0.4 is 4.72 Å². The fourth-order valence-electron chi connectivity index (χ4n) is 2.18. The summed E-state index contributed by atoms with van der Waals surface area (Å²) in [6, 6.07) is 14.3. The molecule has 0 amide bonds. The predicted octanol–water partition coefficient (Wildman–Crippen LogP) is 2.61. The van der Waals surface area contributed by atoms with Crippen LogP contribution in [0.25, 0.3) is 10.8 Å². The zero-order valence-electron chi connectivity index (χ0n) is 11.4. The molecule has 0 saturated heterocycles. The van der Waals surface area contributed by atoms with E-state index in [1.165, 1.54) is 0 Å². The molecule has 0 radical (unpaired) electrons. The van der Waals surface area contributed by atoms with E-state index in [4.69, 9.17) is 4.52 Å². The van der Waals surface area contributed by atoms with E-state index in [0.29, 0.717) is 16.8 Å². The van der Waals surface area contributed by atoms with Crippen molar-refractivity contribution >= 4 is 20.8 Å². The maximum Gasteiger partial charge on any atom is 0.241 e. The Morgan fingerprint density at radius 2 is 1.90 bits per heavy atom. The number of nitrogens with one attached hydrogen (secondary N) is 1. The number of aryl methyl sites for hydroxylation is 1. The van der Waals surface area contributed by atoms with Crippen LogP contribution in [0, 0.1) is 6.92 Å². The Morgan fingerprint density at radius 1 is 1.14 bits per heavy atom. The van der Waals surface area contributed by atoms with Crippen LogP contribution in [-0.2, 0) is 16.6 Å². The van der Waals surface area contributed by atoms with Gasteiger partial charge in [0.15, 0.2) is 0 Å². The molecule has 0 saturated carbocycles. The molecule has 1 heterocycles. The fraction of sp³-hybridized carbons (Fsp3) is 0.133. The van der Waals surface area contributed by atoms with E-state index in [1.54, 1.807) is 31.2 Å². The third-order valence-corrected chi connectivity index (χ3v) is 4.62. The van der Waals surface area contributed by atoms with Crippen molar-refractivity contribution in [3.63, 3.8) is 0 Å². The van der Waals surface area contributed by atoms with E-state index in [2.05, 4.69) is 9.88 Å². The minimum absolute atomic E-state index is 0.100. The lowest BCUT2D eigenvalue weighted by Gasteiger charge is -2.08. The first-order valence-corrected chi connectivity index (χ1v) is 7.94. The summed E-state index contributed by atoms with van der Waals surface area (Å²) in [5.41, 5.74) is 0.552. The van der Waals surface area contributed by atoms with Gasteiger partial charge in [-0.25, -0.2) is 13.1 Å². The standard InChI is InChI=1S/C15H14N2O3S/c1-11-9-13(17-20-11)10-16-21(18,19)15-8-4-6-12-5-2-3-7-14(12)15/h2-9,16H,10H2,1H3. The number of sulfonamides is 1.